The minimum absolute atomic E-state index is 1.11. The Hall–Kier alpha value is -7.62. The van der Waals surface area contributed by atoms with Crippen LogP contribution in [0.1, 0.15) is 0 Å². The summed E-state index contributed by atoms with van der Waals surface area (Å²) in [6.07, 6.45) is 0. The van der Waals surface area contributed by atoms with E-state index in [0.717, 1.165) is 39.6 Å². The van der Waals surface area contributed by atoms with Gasteiger partial charge in [0.25, 0.3) is 0 Å². The van der Waals surface area contributed by atoms with Crippen molar-refractivity contribution in [2.45, 2.75) is 0 Å². The molecule has 9 aromatic carbocycles. The van der Waals surface area contributed by atoms with Crippen LogP contribution in [0, 0.1) is 0 Å². The number of nitrogens with zero attached hydrogens (tertiary/aromatic N) is 3. The molecule has 11 rings (SSSR count). The lowest BCUT2D eigenvalue weighted by Gasteiger charge is -2.26. The van der Waals surface area contributed by atoms with Crippen LogP contribution in [0.4, 0.5) is 17.1 Å². The lowest BCUT2D eigenvalue weighted by atomic mass is 9.98. The molecule has 0 spiro atoms. The number of benzene rings is 9. The third-order valence-electron chi connectivity index (χ3n) is 11.3. The van der Waals surface area contributed by atoms with Crippen molar-refractivity contribution in [1.82, 2.24) is 9.13 Å². The molecule has 0 atom stereocenters. The molecule has 0 amide bonds. The molecule has 0 saturated carbocycles. The van der Waals surface area contributed by atoms with Crippen molar-refractivity contribution in [2.24, 2.45) is 0 Å². The van der Waals surface area contributed by atoms with E-state index in [0.29, 0.717) is 0 Å². The second-order valence-corrected chi connectivity index (χ2v) is 14.6. The highest BCUT2D eigenvalue weighted by Gasteiger charge is 2.19. The third-order valence-corrected chi connectivity index (χ3v) is 11.3. The first-order valence-corrected chi connectivity index (χ1v) is 19.5. The molecule has 268 valence electrons. The summed E-state index contributed by atoms with van der Waals surface area (Å²) in [5.74, 6) is 0. The summed E-state index contributed by atoms with van der Waals surface area (Å²) in [7, 11) is 0. The van der Waals surface area contributed by atoms with Gasteiger partial charge < -0.3 is 14.0 Å². The van der Waals surface area contributed by atoms with Gasteiger partial charge in [-0.15, -0.1) is 0 Å². The van der Waals surface area contributed by atoms with Crippen LogP contribution in [0.2, 0.25) is 0 Å². The van der Waals surface area contributed by atoms with E-state index < -0.39 is 0 Å². The van der Waals surface area contributed by atoms with Crippen molar-refractivity contribution in [3.63, 3.8) is 0 Å². The van der Waals surface area contributed by atoms with Crippen LogP contribution in [-0.2, 0) is 0 Å². The minimum Gasteiger partial charge on any atom is -0.310 e. The molecule has 0 aliphatic carbocycles. The normalized spacial score (nSPS) is 11.5. The van der Waals surface area contributed by atoms with Crippen LogP contribution in [0.3, 0.4) is 0 Å². The van der Waals surface area contributed by atoms with Gasteiger partial charge in [-0.25, -0.2) is 0 Å². The number of aromatic nitrogens is 2. The van der Waals surface area contributed by atoms with E-state index in [9.17, 15) is 0 Å². The molecule has 2 heterocycles. The Labute approximate surface area is 331 Å². The molecule has 0 fully saturated rings. The predicted octanol–water partition coefficient (Wildman–Crippen LogP) is 14.7. The Kier molecular flexibility index (Phi) is 7.82. The van der Waals surface area contributed by atoms with E-state index in [1.807, 2.05) is 0 Å². The Morgan fingerprint density at radius 3 is 1.53 bits per heavy atom. The molecule has 0 aliphatic heterocycles. The summed E-state index contributed by atoms with van der Waals surface area (Å²) in [6, 6.07) is 81.0. The fourth-order valence-electron chi connectivity index (χ4n) is 8.78. The number of rotatable bonds is 7. The summed E-state index contributed by atoms with van der Waals surface area (Å²) in [5, 5.41) is 5.00. The molecule has 0 unspecified atom stereocenters. The molecule has 0 N–H and O–H groups in total. The van der Waals surface area contributed by atoms with E-state index >= 15 is 0 Å². The molecule has 2 aromatic heterocycles. The van der Waals surface area contributed by atoms with Crippen LogP contribution < -0.4 is 4.90 Å². The van der Waals surface area contributed by atoms with Gasteiger partial charge in [-0.2, -0.15) is 0 Å². The van der Waals surface area contributed by atoms with Gasteiger partial charge in [0.15, 0.2) is 0 Å². The summed E-state index contributed by atoms with van der Waals surface area (Å²) >= 11 is 0. The average molecular weight is 728 g/mol. The Morgan fingerprint density at radius 2 is 0.789 bits per heavy atom. The van der Waals surface area contributed by atoms with Crippen molar-refractivity contribution in [2.75, 3.05) is 4.90 Å². The van der Waals surface area contributed by atoms with Crippen molar-refractivity contribution in [3.8, 4) is 33.6 Å². The lowest BCUT2D eigenvalue weighted by Crippen LogP contribution is -2.09. The molecular formula is C54H37N3. The summed E-state index contributed by atoms with van der Waals surface area (Å²) in [4.78, 5) is 2.32. The zero-order valence-corrected chi connectivity index (χ0v) is 31.2. The van der Waals surface area contributed by atoms with Crippen molar-refractivity contribution >= 4 is 60.7 Å². The first kappa shape index (κ1) is 32.8. The second-order valence-electron chi connectivity index (χ2n) is 14.6. The molecule has 11 aromatic rings. The van der Waals surface area contributed by atoms with Crippen LogP contribution in [0.25, 0.3) is 77.2 Å². The smallest absolute Gasteiger partial charge is 0.0547 e. The Bertz CT molecular complexity index is 3190. The van der Waals surface area contributed by atoms with Gasteiger partial charge in [-0.05, 0) is 107 Å². The van der Waals surface area contributed by atoms with E-state index in [1.54, 1.807) is 0 Å². The Balaban J connectivity index is 1.06. The van der Waals surface area contributed by atoms with E-state index in [2.05, 4.69) is 238 Å². The van der Waals surface area contributed by atoms with Crippen molar-refractivity contribution < 1.29 is 0 Å². The van der Waals surface area contributed by atoms with Gasteiger partial charge >= 0.3 is 0 Å². The maximum absolute atomic E-state index is 2.43. The second kappa shape index (κ2) is 13.6. The van der Waals surface area contributed by atoms with Crippen molar-refractivity contribution in [3.05, 3.63) is 224 Å². The van der Waals surface area contributed by atoms with E-state index in [4.69, 9.17) is 0 Å². The zero-order chi connectivity index (χ0) is 37.7. The van der Waals surface area contributed by atoms with Crippen molar-refractivity contribution in [1.29, 1.82) is 0 Å². The molecule has 0 bridgehead atoms. The van der Waals surface area contributed by atoms with Crippen LogP contribution in [0.5, 0.6) is 0 Å². The van der Waals surface area contributed by atoms with E-state index in [1.165, 1.54) is 54.7 Å². The third kappa shape index (κ3) is 5.51. The maximum atomic E-state index is 2.43. The summed E-state index contributed by atoms with van der Waals surface area (Å²) < 4.78 is 4.83. The Morgan fingerprint density at radius 1 is 0.281 bits per heavy atom. The monoisotopic (exact) mass is 727 g/mol. The quantitative estimate of drug-likeness (QED) is 0.159. The summed E-state index contributed by atoms with van der Waals surface area (Å²) in [6.45, 7) is 0. The molecule has 3 nitrogen and oxygen atoms in total. The zero-order valence-electron chi connectivity index (χ0n) is 31.2. The number of para-hydroxylation sites is 5. The number of hydrogen-bond acceptors (Lipinski definition) is 1. The fraction of sp³-hybridized carbons (Fsp3) is 0. The predicted molar refractivity (Wildman–Crippen MR) is 241 cm³/mol. The first-order chi connectivity index (χ1) is 28.3. The van der Waals surface area contributed by atoms with Gasteiger partial charge in [0.05, 0.1) is 22.1 Å². The van der Waals surface area contributed by atoms with Gasteiger partial charge in [-0.3, -0.25) is 0 Å². The minimum atomic E-state index is 1.11. The number of anilines is 3. The van der Waals surface area contributed by atoms with Gasteiger partial charge in [0.1, 0.15) is 0 Å². The summed E-state index contributed by atoms with van der Waals surface area (Å²) in [5.41, 5.74) is 15.2. The van der Waals surface area contributed by atoms with Crippen LogP contribution in [-0.4, -0.2) is 9.13 Å². The highest BCUT2D eigenvalue weighted by atomic mass is 15.1. The molecule has 0 aliphatic rings. The number of hydrogen-bond donors (Lipinski definition) is 0. The lowest BCUT2D eigenvalue weighted by molar-refractivity contribution is 1.18. The number of fused-ring (bicyclic) bond motifs is 6. The van der Waals surface area contributed by atoms with Gasteiger partial charge in [0.2, 0.25) is 0 Å². The topological polar surface area (TPSA) is 13.1 Å². The van der Waals surface area contributed by atoms with Gasteiger partial charge in [0, 0.05) is 50.0 Å². The van der Waals surface area contributed by atoms with Gasteiger partial charge in [-0.1, -0.05) is 140 Å². The van der Waals surface area contributed by atoms with E-state index in [-0.39, 0.29) is 0 Å². The molecule has 3 heteroatoms. The molecular weight excluding hydrogens is 691 g/mol. The molecule has 0 radical (unpaired) electrons. The average Bonchev–Trinajstić information content (AvgIpc) is 3.80. The molecule has 57 heavy (non-hydrogen) atoms. The van der Waals surface area contributed by atoms with Crippen LogP contribution in [0.15, 0.2) is 224 Å². The molecule has 0 saturated heterocycles. The SMILES string of the molecule is c1ccc(N(c2ccccc2)c2cccc(-c3cccc(-n4c5ccccc5c5c(-c6ccc7c8ccccc8n(-c8ccccc8)c7c6)cccc54)c3)c2)cc1. The standard InChI is InChI=1S/C54H37N3/c1-4-19-41(20-5-1)55(42-21-6-2-7-22-42)44-25-14-17-38(35-44)39-18-15-26-45(36-39)57-51-31-13-11-28-49(51)54-46(29-16-32-52(54)57)40-33-34-48-47-27-10-12-30-50(47)56(53(48)37-40)43-23-8-3-9-24-43/h1-37H. The fourth-order valence-corrected chi connectivity index (χ4v) is 8.78. The largest absolute Gasteiger partial charge is 0.310 e. The highest BCUT2D eigenvalue weighted by molar-refractivity contribution is 6.17. The maximum Gasteiger partial charge on any atom is 0.0547 e. The van der Waals surface area contributed by atoms with Crippen LogP contribution >= 0.6 is 0 Å². The highest BCUT2D eigenvalue weighted by Crippen LogP contribution is 2.42. The first-order valence-electron chi connectivity index (χ1n) is 19.5.